The van der Waals surface area contributed by atoms with Gasteiger partial charge in [0.15, 0.2) is 0 Å². The zero-order valence-electron chi connectivity index (χ0n) is 10.6. The van der Waals surface area contributed by atoms with E-state index in [4.69, 9.17) is 5.11 Å². The number of rotatable bonds is 4. The molecular formula is C12H24N2O2. The quantitative estimate of drug-likeness (QED) is 0.746. The molecule has 1 aliphatic rings. The van der Waals surface area contributed by atoms with Gasteiger partial charge in [0.05, 0.1) is 6.04 Å². The minimum absolute atomic E-state index is 0.0593. The molecule has 16 heavy (non-hydrogen) atoms. The Kier molecular flexibility index (Phi) is 4.74. The van der Waals surface area contributed by atoms with Crippen LogP contribution in [0.25, 0.3) is 0 Å². The molecule has 0 saturated carbocycles. The van der Waals surface area contributed by atoms with E-state index in [1.165, 1.54) is 0 Å². The molecule has 0 bridgehead atoms. The summed E-state index contributed by atoms with van der Waals surface area (Å²) >= 11 is 0. The molecule has 0 spiro atoms. The smallest absolute Gasteiger partial charge is 0.240 e. The van der Waals surface area contributed by atoms with Crippen LogP contribution in [0.5, 0.6) is 0 Å². The Hall–Kier alpha value is -0.610. The van der Waals surface area contributed by atoms with Crippen molar-refractivity contribution < 1.29 is 9.90 Å². The van der Waals surface area contributed by atoms with Crippen LogP contribution in [-0.2, 0) is 4.79 Å². The van der Waals surface area contributed by atoms with Gasteiger partial charge in [0.2, 0.25) is 5.91 Å². The summed E-state index contributed by atoms with van der Waals surface area (Å²) in [6, 6.07) is -0.210. The minimum Gasteiger partial charge on any atom is -0.396 e. The number of aliphatic hydroxyl groups excluding tert-OH is 1. The molecule has 0 aromatic carbocycles. The Morgan fingerprint density at radius 3 is 2.81 bits per heavy atom. The Bertz CT molecular complexity index is 241. The molecular weight excluding hydrogens is 204 g/mol. The molecule has 0 radical (unpaired) electrons. The number of hydrogen-bond acceptors (Lipinski definition) is 3. The summed E-state index contributed by atoms with van der Waals surface area (Å²) in [5.74, 6) is 0.137. The van der Waals surface area contributed by atoms with Crippen LogP contribution in [-0.4, -0.2) is 47.2 Å². The fraction of sp³-hybridized carbons (Fsp3) is 0.917. The molecule has 1 aliphatic heterocycles. The van der Waals surface area contributed by atoms with Crippen LogP contribution in [0.15, 0.2) is 0 Å². The number of hydrogen-bond donors (Lipinski definition) is 2. The van der Waals surface area contributed by atoms with E-state index in [1.54, 1.807) is 0 Å². The summed E-state index contributed by atoms with van der Waals surface area (Å²) in [4.78, 5) is 14.3. The van der Waals surface area contributed by atoms with Gasteiger partial charge in [-0.1, -0.05) is 6.92 Å². The van der Waals surface area contributed by atoms with Gasteiger partial charge in [-0.15, -0.1) is 0 Å². The normalized spacial score (nSPS) is 25.6. The number of nitrogens with zero attached hydrogens (tertiary/aromatic N) is 1. The maximum atomic E-state index is 12.3. The van der Waals surface area contributed by atoms with E-state index < -0.39 is 0 Å². The Balaban J connectivity index is 2.82. The van der Waals surface area contributed by atoms with E-state index in [0.717, 1.165) is 25.9 Å². The first-order chi connectivity index (χ1) is 7.53. The summed E-state index contributed by atoms with van der Waals surface area (Å²) in [7, 11) is 0. The fourth-order valence-electron chi connectivity index (χ4n) is 2.25. The van der Waals surface area contributed by atoms with E-state index >= 15 is 0 Å². The van der Waals surface area contributed by atoms with Crippen LogP contribution in [0.3, 0.4) is 0 Å². The number of carbonyl (C=O) groups excluding carboxylic acids is 1. The average Bonchev–Trinajstić information content (AvgIpc) is 2.31. The summed E-state index contributed by atoms with van der Waals surface area (Å²) < 4.78 is 0. The van der Waals surface area contributed by atoms with Crippen LogP contribution >= 0.6 is 0 Å². The summed E-state index contributed by atoms with van der Waals surface area (Å²) in [5.41, 5.74) is -0.0791. The zero-order valence-corrected chi connectivity index (χ0v) is 10.6. The molecule has 1 amide bonds. The molecule has 94 valence electrons. The van der Waals surface area contributed by atoms with Crippen LogP contribution in [0, 0.1) is 0 Å². The molecule has 1 heterocycles. The molecule has 4 nitrogen and oxygen atoms in total. The molecule has 0 aliphatic carbocycles. The predicted molar refractivity (Wildman–Crippen MR) is 64.2 cm³/mol. The van der Waals surface area contributed by atoms with Gasteiger partial charge in [-0.2, -0.15) is 0 Å². The van der Waals surface area contributed by atoms with Crippen molar-refractivity contribution in [1.29, 1.82) is 0 Å². The van der Waals surface area contributed by atoms with Crippen molar-refractivity contribution in [1.82, 2.24) is 10.2 Å². The maximum absolute atomic E-state index is 12.3. The van der Waals surface area contributed by atoms with Gasteiger partial charge in [0.1, 0.15) is 0 Å². The highest BCUT2D eigenvalue weighted by atomic mass is 16.3. The second kappa shape index (κ2) is 5.64. The third-order valence-corrected chi connectivity index (χ3v) is 3.29. The lowest BCUT2D eigenvalue weighted by Crippen LogP contribution is -2.51. The second-order valence-electron chi connectivity index (χ2n) is 5.07. The summed E-state index contributed by atoms with van der Waals surface area (Å²) in [6.45, 7) is 8.01. The third kappa shape index (κ3) is 2.95. The van der Waals surface area contributed by atoms with Crippen molar-refractivity contribution in [3.8, 4) is 0 Å². The highest BCUT2D eigenvalue weighted by molar-refractivity contribution is 5.83. The van der Waals surface area contributed by atoms with Crippen molar-refractivity contribution in [2.45, 2.75) is 51.6 Å². The first-order valence-corrected chi connectivity index (χ1v) is 6.18. The first kappa shape index (κ1) is 13.5. The van der Waals surface area contributed by atoms with Crippen LogP contribution < -0.4 is 5.32 Å². The molecule has 1 saturated heterocycles. The van der Waals surface area contributed by atoms with Gasteiger partial charge >= 0.3 is 0 Å². The Labute approximate surface area is 98.0 Å². The monoisotopic (exact) mass is 228 g/mol. The zero-order chi connectivity index (χ0) is 12.2. The molecule has 1 rings (SSSR count). The highest BCUT2D eigenvalue weighted by Crippen LogP contribution is 2.23. The van der Waals surface area contributed by atoms with Crippen LogP contribution in [0.1, 0.15) is 40.0 Å². The molecule has 1 fully saturated rings. The molecule has 2 N–H and O–H groups in total. The van der Waals surface area contributed by atoms with Gasteiger partial charge in [0.25, 0.3) is 0 Å². The van der Waals surface area contributed by atoms with Crippen LogP contribution in [0.2, 0.25) is 0 Å². The van der Waals surface area contributed by atoms with Crippen molar-refractivity contribution in [3.05, 3.63) is 0 Å². The topological polar surface area (TPSA) is 52.6 Å². The number of carbonyl (C=O) groups is 1. The fourth-order valence-corrected chi connectivity index (χ4v) is 2.25. The minimum atomic E-state index is -0.210. The predicted octanol–water partition coefficient (Wildman–Crippen LogP) is 0.748. The van der Waals surface area contributed by atoms with Gasteiger partial charge in [-0.05, 0) is 39.7 Å². The van der Waals surface area contributed by atoms with Crippen molar-refractivity contribution in [2.75, 3.05) is 19.7 Å². The van der Waals surface area contributed by atoms with Gasteiger partial charge < -0.3 is 15.3 Å². The number of amides is 1. The summed E-state index contributed by atoms with van der Waals surface area (Å²) in [5, 5.41) is 12.2. The first-order valence-electron chi connectivity index (χ1n) is 6.18. The summed E-state index contributed by atoms with van der Waals surface area (Å²) in [6.07, 6.45) is 2.44. The van der Waals surface area contributed by atoms with Gasteiger partial charge in [-0.3, -0.25) is 4.79 Å². The van der Waals surface area contributed by atoms with E-state index in [1.807, 2.05) is 4.90 Å². The maximum Gasteiger partial charge on any atom is 0.240 e. The van der Waals surface area contributed by atoms with Crippen LogP contribution in [0.4, 0.5) is 0 Å². The largest absolute Gasteiger partial charge is 0.396 e. The lowest BCUT2D eigenvalue weighted by molar-refractivity contribution is -0.137. The standard InChI is InChI=1S/C12H24N2O2/c1-4-8-14-11(16)10(5-9-15)13-7-6-12(14,2)3/h10,13,15H,4-9H2,1-3H3. The Morgan fingerprint density at radius 1 is 1.56 bits per heavy atom. The van der Waals surface area contributed by atoms with Crippen molar-refractivity contribution in [2.24, 2.45) is 0 Å². The van der Waals surface area contributed by atoms with E-state index in [-0.39, 0.29) is 24.1 Å². The van der Waals surface area contributed by atoms with E-state index in [0.29, 0.717) is 6.42 Å². The number of nitrogens with one attached hydrogen (secondary N) is 1. The second-order valence-corrected chi connectivity index (χ2v) is 5.07. The molecule has 0 aromatic heterocycles. The highest BCUT2D eigenvalue weighted by Gasteiger charge is 2.36. The lowest BCUT2D eigenvalue weighted by atomic mass is 9.98. The van der Waals surface area contributed by atoms with E-state index in [2.05, 4.69) is 26.1 Å². The number of aliphatic hydroxyl groups is 1. The Morgan fingerprint density at radius 2 is 2.25 bits per heavy atom. The van der Waals surface area contributed by atoms with E-state index in [9.17, 15) is 4.79 Å². The van der Waals surface area contributed by atoms with Gasteiger partial charge in [0, 0.05) is 18.7 Å². The lowest BCUT2D eigenvalue weighted by Gasteiger charge is -2.37. The molecule has 4 heteroatoms. The SMILES string of the molecule is CCCN1C(=O)C(CCO)NCCC1(C)C. The third-order valence-electron chi connectivity index (χ3n) is 3.29. The van der Waals surface area contributed by atoms with Crippen molar-refractivity contribution >= 4 is 5.91 Å². The van der Waals surface area contributed by atoms with Crippen molar-refractivity contribution in [3.63, 3.8) is 0 Å². The molecule has 1 unspecified atom stereocenters. The molecule has 1 atom stereocenters. The average molecular weight is 228 g/mol. The molecule has 0 aromatic rings. The van der Waals surface area contributed by atoms with Gasteiger partial charge in [-0.25, -0.2) is 0 Å².